The van der Waals surface area contributed by atoms with E-state index in [0.29, 0.717) is 32.5 Å². The zero-order valence-electron chi connectivity index (χ0n) is 18.4. The van der Waals surface area contributed by atoms with Gasteiger partial charge >= 0.3 is 6.18 Å². The molecule has 2 heterocycles. The molecule has 1 amide bonds. The van der Waals surface area contributed by atoms with Crippen LogP contribution in [0.2, 0.25) is 0 Å². The number of rotatable bonds is 4. The van der Waals surface area contributed by atoms with Crippen LogP contribution in [0.3, 0.4) is 0 Å². The molecule has 0 spiro atoms. The minimum atomic E-state index is -4.62. The average molecular weight is 491 g/mol. The molecule has 2 N–H and O–H groups in total. The number of ether oxygens (including phenoxy) is 1. The van der Waals surface area contributed by atoms with Crippen LogP contribution >= 0.6 is 0 Å². The highest BCUT2D eigenvalue weighted by molar-refractivity contribution is 7.91. The van der Waals surface area contributed by atoms with Gasteiger partial charge in [-0.15, -0.1) is 0 Å². The molecule has 7 nitrogen and oxygen atoms in total. The molecule has 184 valence electrons. The quantitative estimate of drug-likeness (QED) is 0.673. The van der Waals surface area contributed by atoms with Gasteiger partial charge in [0.05, 0.1) is 22.0 Å². The van der Waals surface area contributed by atoms with Gasteiger partial charge in [0.2, 0.25) is 5.91 Å². The largest absolute Gasteiger partial charge is 0.416 e. The summed E-state index contributed by atoms with van der Waals surface area (Å²) < 4.78 is 70.5. The molecule has 0 bridgehead atoms. The summed E-state index contributed by atoms with van der Waals surface area (Å²) in [5.41, 5.74) is -2.20. The highest BCUT2D eigenvalue weighted by Crippen LogP contribution is 2.45. The Morgan fingerprint density at radius 2 is 1.94 bits per heavy atom. The first-order valence-corrected chi connectivity index (χ1v) is 12.8. The highest BCUT2D eigenvalue weighted by Gasteiger charge is 2.52. The first-order valence-electron chi connectivity index (χ1n) is 11.2. The summed E-state index contributed by atoms with van der Waals surface area (Å²) in [7, 11) is -3.99. The van der Waals surface area contributed by atoms with Gasteiger partial charge in [0, 0.05) is 31.8 Å². The fraction of sp³-hybridized carbons (Fsp3) is 0.682. The van der Waals surface area contributed by atoms with Crippen molar-refractivity contribution in [3.63, 3.8) is 0 Å². The van der Waals surface area contributed by atoms with Crippen LogP contribution in [-0.4, -0.2) is 61.6 Å². The van der Waals surface area contributed by atoms with E-state index in [9.17, 15) is 31.5 Å². The Morgan fingerprint density at radius 3 is 2.58 bits per heavy atom. The van der Waals surface area contributed by atoms with Gasteiger partial charge in [-0.1, -0.05) is 0 Å². The van der Waals surface area contributed by atoms with Crippen LogP contribution in [0.5, 0.6) is 0 Å². The highest BCUT2D eigenvalue weighted by atomic mass is 32.2. The van der Waals surface area contributed by atoms with Crippen molar-refractivity contribution in [2.24, 2.45) is 5.41 Å². The summed E-state index contributed by atoms with van der Waals surface area (Å²) in [4.78, 5) is 14.5. The molecular formula is C22H29F3N2O5S. The van der Waals surface area contributed by atoms with Gasteiger partial charge in [0.1, 0.15) is 5.88 Å². The zero-order valence-corrected chi connectivity index (χ0v) is 19.2. The maximum atomic E-state index is 13.6. The Hall–Kier alpha value is -1.69. The monoisotopic (exact) mass is 490 g/mol. The van der Waals surface area contributed by atoms with E-state index in [1.807, 2.05) is 0 Å². The van der Waals surface area contributed by atoms with E-state index >= 15 is 0 Å². The van der Waals surface area contributed by atoms with Crippen LogP contribution in [0.4, 0.5) is 13.2 Å². The summed E-state index contributed by atoms with van der Waals surface area (Å²) in [6, 6.07) is 2.74. The van der Waals surface area contributed by atoms with Crippen molar-refractivity contribution >= 4 is 15.7 Å². The fourth-order valence-electron chi connectivity index (χ4n) is 5.32. The second-order valence-electron chi connectivity index (χ2n) is 9.39. The zero-order chi connectivity index (χ0) is 24.0. The third kappa shape index (κ3) is 4.78. The minimum absolute atomic E-state index is 0.0165. The molecule has 3 aliphatic rings. The van der Waals surface area contributed by atoms with Crippen LogP contribution in [0.25, 0.3) is 0 Å². The summed E-state index contributed by atoms with van der Waals surface area (Å²) >= 11 is 0. The predicted octanol–water partition coefficient (Wildman–Crippen LogP) is 2.47. The number of nitrogens with zero attached hydrogens (tertiary/aromatic N) is 1. The van der Waals surface area contributed by atoms with Gasteiger partial charge in [0.25, 0.3) is 0 Å². The molecule has 0 unspecified atom stereocenters. The van der Waals surface area contributed by atoms with E-state index < -0.39 is 44.9 Å². The van der Waals surface area contributed by atoms with E-state index in [-0.39, 0.29) is 29.1 Å². The molecule has 2 fully saturated rings. The Bertz CT molecular complexity index is 1010. The van der Waals surface area contributed by atoms with E-state index in [1.165, 1.54) is 6.92 Å². The number of benzene rings is 1. The number of nitrogens with one attached hydrogen (secondary N) is 1. The van der Waals surface area contributed by atoms with E-state index in [2.05, 4.69) is 5.32 Å². The molecule has 3 atom stereocenters. The van der Waals surface area contributed by atoms with Crippen LogP contribution in [-0.2, 0) is 32.1 Å². The van der Waals surface area contributed by atoms with Crippen LogP contribution < -0.4 is 5.32 Å². The molecule has 2 aliphatic heterocycles. The van der Waals surface area contributed by atoms with Crippen molar-refractivity contribution in [3.8, 4) is 0 Å². The van der Waals surface area contributed by atoms with E-state index in [1.54, 1.807) is 0 Å². The maximum absolute atomic E-state index is 13.6. The number of aliphatic hydroxyl groups excluding tert-OH is 1. The molecule has 11 heteroatoms. The second-order valence-corrected chi connectivity index (χ2v) is 11.3. The van der Waals surface area contributed by atoms with Gasteiger partial charge in [-0.2, -0.15) is 13.2 Å². The second kappa shape index (κ2) is 8.83. The first-order chi connectivity index (χ1) is 15.4. The Labute approximate surface area is 191 Å². The maximum Gasteiger partial charge on any atom is 0.416 e. The summed E-state index contributed by atoms with van der Waals surface area (Å²) in [6.07, 6.45) is -2.59. The van der Waals surface area contributed by atoms with Crippen molar-refractivity contribution in [2.45, 2.75) is 74.8 Å². The minimum Gasteiger partial charge on any atom is -0.392 e. The average Bonchev–Trinajstić information content (AvgIpc) is 3.17. The van der Waals surface area contributed by atoms with E-state index in [4.69, 9.17) is 4.74 Å². The molecule has 1 aromatic carbocycles. The molecule has 1 saturated carbocycles. The smallest absolute Gasteiger partial charge is 0.392 e. The number of sulfone groups is 1. The van der Waals surface area contributed by atoms with Gasteiger partial charge < -0.3 is 20.1 Å². The number of amides is 1. The number of aliphatic hydroxyl groups is 1. The van der Waals surface area contributed by atoms with Crippen LogP contribution in [0, 0.1) is 5.41 Å². The molecule has 1 aromatic rings. The molecule has 1 aliphatic carbocycles. The van der Waals surface area contributed by atoms with Gasteiger partial charge in [-0.3, -0.25) is 4.79 Å². The topological polar surface area (TPSA) is 95.9 Å². The van der Waals surface area contributed by atoms with Crippen molar-refractivity contribution in [2.75, 3.05) is 19.1 Å². The van der Waals surface area contributed by atoms with Crippen molar-refractivity contribution in [3.05, 3.63) is 29.3 Å². The summed E-state index contributed by atoms with van der Waals surface area (Å²) in [5, 5.41) is 14.1. The first kappa shape index (κ1) is 24.4. The fourth-order valence-corrected chi connectivity index (χ4v) is 6.88. The lowest BCUT2D eigenvalue weighted by Crippen LogP contribution is -2.52. The van der Waals surface area contributed by atoms with Crippen molar-refractivity contribution < 1.29 is 36.2 Å². The lowest BCUT2D eigenvalue weighted by molar-refractivity contribution is -0.148. The van der Waals surface area contributed by atoms with Gasteiger partial charge in [0.15, 0.2) is 9.84 Å². The lowest BCUT2D eigenvalue weighted by atomic mass is 9.79. The number of hydrogen-bond donors (Lipinski definition) is 2. The number of fused-ring (bicyclic) bond motifs is 1. The standard InChI is InChI=1S/C22H29F3N2O5S/c1-14(28)21(7-4-18(11-21)26-17-5-8-32-9-6-17)20(29)27-12-15-10-16(22(23,24)25)2-3-19(15)33(30,31)13-27/h2-3,10,14,17-18,26,28H,4-9,11-13H2,1H3/t14-,18-,21+/m1/s1. The van der Waals surface area contributed by atoms with E-state index in [0.717, 1.165) is 35.9 Å². The Kier molecular flexibility index (Phi) is 6.54. The lowest BCUT2D eigenvalue weighted by Gasteiger charge is -2.39. The summed E-state index contributed by atoms with van der Waals surface area (Å²) in [6.45, 7) is 2.60. The molecule has 1 saturated heterocycles. The Morgan fingerprint density at radius 1 is 1.24 bits per heavy atom. The molecule has 33 heavy (non-hydrogen) atoms. The number of carbonyl (C=O) groups excluding carboxylic acids is 1. The molecule has 0 radical (unpaired) electrons. The molecule has 4 rings (SSSR count). The van der Waals surface area contributed by atoms with Crippen molar-refractivity contribution in [1.29, 1.82) is 0 Å². The Balaban J connectivity index is 1.57. The van der Waals surface area contributed by atoms with Gasteiger partial charge in [-0.25, -0.2) is 8.42 Å². The molecule has 0 aromatic heterocycles. The van der Waals surface area contributed by atoms with Crippen LogP contribution in [0.15, 0.2) is 23.1 Å². The predicted molar refractivity (Wildman–Crippen MR) is 113 cm³/mol. The van der Waals surface area contributed by atoms with Gasteiger partial charge in [-0.05, 0) is 62.8 Å². The molecular weight excluding hydrogens is 461 g/mol. The number of alkyl halides is 3. The summed E-state index contributed by atoms with van der Waals surface area (Å²) in [5.74, 6) is -1.14. The van der Waals surface area contributed by atoms with Crippen LogP contribution in [0.1, 0.15) is 50.2 Å². The third-order valence-corrected chi connectivity index (χ3v) is 8.88. The van der Waals surface area contributed by atoms with Crippen molar-refractivity contribution in [1.82, 2.24) is 10.2 Å². The number of hydrogen-bond acceptors (Lipinski definition) is 6. The normalized spacial score (nSPS) is 29.0. The SMILES string of the molecule is C[C@@H](O)[C@]1(C(=O)N2Cc3cc(C(F)(F)F)ccc3S(=O)(=O)C2)CC[C@@H](NC2CCOCC2)C1. The third-order valence-electron chi connectivity index (χ3n) is 7.16. The number of carbonyl (C=O) groups is 1. The number of halogens is 3.